The lowest BCUT2D eigenvalue weighted by Crippen LogP contribution is -2.26. The van der Waals surface area contributed by atoms with Gasteiger partial charge in [-0.2, -0.15) is 0 Å². The Balaban J connectivity index is 2.35. The molecule has 25 heavy (non-hydrogen) atoms. The second kappa shape index (κ2) is 6.11. The number of carbonyl (C=O) groups is 2. The molecular weight excluding hydrogens is 333 g/mol. The maximum absolute atomic E-state index is 14.4. The predicted molar refractivity (Wildman–Crippen MR) is 85.0 cm³/mol. The highest BCUT2D eigenvalue weighted by Gasteiger charge is 2.33. The van der Waals surface area contributed by atoms with Crippen LogP contribution < -0.4 is 16.6 Å². The number of ether oxygens (including phenoxy) is 2. The third-order valence-corrected chi connectivity index (χ3v) is 3.89. The summed E-state index contributed by atoms with van der Waals surface area (Å²) in [6.45, 7) is 0. The number of nitrogens with two attached hydrogens (primary N) is 1. The number of hydrogen-bond donors (Lipinski definition) is 2. The number of rotatable bonds is 4. The number of nitrogens with one attached hydrogen (secondary N) is 1. The Bertz CT molecular complexity index is 950. The van der Waals surface area contributed by atoms with Crippen molar-refractivity contribution in [3.63, 3.8) is 0 Å². The number of benzene rings is 1. The van der Waals surface area contributed by atoms with Gasteiger partial charge in [-0.05, 0) is 12.1 Å². The highest BCUT2D eigenvalue weighted by Crippen LogP contribution is 2.30. The minimum absolute atomic E-state index is 0.0474. The van der Waals surface area contributed by atoms with Crippen LogP contribution in [0.3, 0.4) is 0 Å². The van der Waals surface area contributed by atoms with E-state index < -0.39 is 29.5 Å². The van der Waals surface area contributed by atoms with Gasteiger partial charge in [-0.25, -0.2) is 4.39 Å². The summed E-state index contributed by atoms with van der Waals surface area (Å²) in [5.74, 6) is -2.39. The van der Waals surface area contributed by atoms with E-state index in [4.69, 9.17) is 15.2 Å². The van der Waals surface area contributed by atoms with E-state index in [0.29, 0.717) is 0 Å². The van der Waals surface area contributed by atoms with Gasteiger partial charge in [0, 0.05) is 20.3 Å². The normalized spacial score (nSPS) is 13.3. The molecule has 0 fully saturated rings. The van der Waals surface area contributed by atoms with Gasteiger partial charge in [-0.15, -0.1) is 0 Å². The van der Waals surface area contributed by atoms with Crippen molar-refractivity contribution in [2.75, 3.05) is 20.0 Å². The van der Waals surface area contributed by atoms with Crippen molar-refractivity contribution in [1.29, 1.82) is 0 Å². The minimum atomic E-state index is -1.11. The molecular formula is C16H14FN3O5. The van der Waals surface area contributed by atoms with E-state index in [9.17, 15) is 18.8 Å². The SMILES string of the molecule is COC(OC)c1c(F)cccc1-n1c(N)c2c(cc1=O)C(=O)NC2=O. The van der Waals surface area contributed by atoms with Gasteiger partial charge in [0.2, 0.25) is 0 Å². The molecule has 2 aromatic rings. The number of halogens is 1. The molecule has 3 rings (SSSR count). The maximum Gasteiger partial charge on any atom is 0.262 e. The highest BCUT2D eigenvalue weighted by atomic mass is 19.1. The molecule has 0 radical (unpaired) electrons. The zero-order chi connectivity index (χ0) is 18.3. The minimum Gasteiger partial charge on any atom is -0.384 e. The molecule has 0 bridgehead atoms. The van der Waals surface area contributed by atoms with Gasteiger partial charge < -0.3 is 15.2 Å². The topological polar surface area (TPSA) is 113 Å². The zero-order valence-electron chi connectivity index (χ0n) is 13.3. The first-order valence-electron chi connectivity index (χ1n) is 7.16. The lowest BCUT2D eigenvalue weighted by Gasteiger charge is -2.20. The van der Waals surface area contributed by atoms with Crippen molar-refractivity contribution in [2.45, 2.75) is 6.29 Å². The van der Waals surface area contributed by atoms with E-state index in [-0.39, 0.29) is 28.2 Å². The number of pyridine rings is 1. The molecule has 1 aliphatic heterocycles. The number of hydrogen-bond acceptors (Lipinski definition) is 6. The van der Waals surface area contributed by atoms with Crippen LogP contribution in [-0.4, -0.2) is 30.6 Å². The Morgan fingerprint density at radius 2 is 1.84 bits per heavy atom. The van der Waals surface area contributed by atoms with Crippen LogP contribution in [0.2, 0.25) is 0 Å². The van der Waals surface area contributed by atoms with E-state index in [1.807, 2.05) is 0 Å². The van der Waals surface area contributed by atoms with Gasteiger partial charge in [-0.3, -0.25) is 24.3 Å². The lowest BCUT2D eigenvalue weighted by molar-refractivity contribution is -0.107. The van der Waals surface area contributed by atoms with Crippen molar-refractivity contribution in [1.82, 2.24) is 9.88 Å². The smallest absolute Gasteiger partial charge is 0.262 e. The first-order chi connectivity index (χ1) is 11.9. The Morgan fingerprint density at radius 1 is 1.16 bits per heavy atom. The van der Waals surface area contributed by atoms with Crippen molar-refractivity contribution < 1.29 is 23.5 Å². The number of nitrogens with zero attached hydrogens (tertiary/aromatic N) is 1. The second-order valence-corrected chi connectivity index (χ2v) is 5.25. The molecule has 8 nitrogen and oxygen atoms in total. The number of aromatic nitrogens is 1. The van der Waals surface area contributed by atoms with E-state index >= 15 is 0 Å². The Kier molecular flexibility index (Phi) is 4.11. The van der Waals surface area contributed by atoms with Crippen LogP contribution >= 0.6 is 0 Å². The van der Waals surface area contributed by atoms with Crippen LogP contribution in [0.15, 0.2) is 29.1 Å². The summed E-state index contributed by atoms with van der Waals surface area (Å²) in [7, 11) is 2.62. The quantitative estimate of drug-likeness (QED) is 0.623. The molecule has 0 saturated heterocycles. The van der Waals surface area contributed by atoms with Gasteiger partial charge >= 0.3 is 0 Å². The summed E-state index contributed by atoms with van der Waals surface area (Å²) in [6, 6.07) is 4.97. The zero-order valence-corrected chi connectivity index (χ0v) is 13.3. The van der Waals surface area contributed by atoms with Gasteiger partial charge in [-0.1, -0.05) is 6.07 Å². The predicted octanol–water partition coefficient (Wildman–Crippen LogP) is 0.734. The standard InChI is InChI=1S/C16H14FN3O5/c1-24-16(25-2)12-8(17)4-3-5-9(12)20-10(21)6-7-11(13(20)18)15(23)19-14(7)22/h3-6,16H,18H2,1-2H3,(H,19,22,23). The molecule has 2 amide bonds. The van der Waals surface area contributed by atoms with E-state index in [1.165, 1.54) is 32.4 Å². The van der Waals surface area contributed by atoms with Crippen molar-refractivity contribution in [3.8, 4) is 5.69 Å². The summed E-state index contributed by atoms with van der Waals surface area (Å²) >= 11 is 0. The number of imide groups is 1. The summed E-state index contributed by atoms with van der Waals surface area (Å²) in [5.41, 5.74) is 5.01. The van der Waals surface area contributed by atoms with E-state index in [0.717, 1.165) is 10.6 Å². The van der Waals surface area contributed by atoms with Crippen molar-refractivity contribution in [3.05, 3.63) is 57.1 Å². The molecule has 1 aromatic heterocycles. The van der Waals surface area contributed by atoms with Crippen LogP contribution in [0.25, 0.3) is 5.69 Å². The fourth-order valence-corrected chi connectivity index (χ4v) is 2.81. The molecule has 0 spiro atoms. The molecule has 1 aromatic carbocycles. The first-order valence-corrected chi connectivity index (χ1v) is 7.16. The Labute approximate surface area is 141 Å². The van der Waals surface area contributed by atoms with Crippen LogP contribution in [0, 0.1) is 5.82 Å². The lowest BCUT2D eigenvalue weighted by atomic mass is 10.1. The molecule has 9 heteroatoms. The van der Waals surface area contributed by atoms with Crippen LogP contribution in [0.4, 0.5) is 10.2 Å². The average molecular weight is 347 g/mol. The van der Waals surface area contributed by atoms with Gasteiger partial charge in [0.1, 0.15) is 11.6 Å². The number of nitrogen functional groups attached to an aromatic ring is 1. The summed E-state index contributed by atoms with van der Waals surface area (Å²) < 4.78 is 25.5. The molecule has 0 aliphatic carbocycles. The maximum atomic E-state index is 14.4. The number of anilines is 1. The van der Waals surface area contributed by atoms with Crippen LogP contribution in [-0.2, 0) is 9.47 Å². The molecule has 0 saturated carbocycles. The monoisotopic (exact) mass is 347 g/mol. The third kappa shape index (κ3) is 2.49. The molecule has 1 aliphatic rings. The Hall–Kier alpha value is -3.04. The second-order valence-electron chi connectivity index (χ2n) is 5.25. The summed E-state index contributed by atoms with van der Waals surface area (Å²) in [4.78, 5) is 36.2. The fourth-order valence-electron chi connectivity index (χ4n) is 2.81. The van der Waals surface area contributed by atoms with Crippen molar-refractivity contribution >= 4 is 17.6 Å². The molecule has 130 valence electrons. The number of carbonyl (C=O) groups excluding carboxylic acids is 2. The molecule has 0 atom stereocenters. The third-order valence-electron chi connectivity index (χ3n) is 3.89. The summed E-state index contributed by atoms with van der Waals surface area (Å²) in [6.07, 6.45) is -1.11. The van der Waals surface area contributed by atoms with E-state index in [2.05, 4.69) is 5.32 Å². The molecule has 0 unspecified atom stereocenters. The van der Waals surface area contributed by atoms with Gasteiger partial charge in [0.15, 0.2) is 6.29 Å². The van der Waals surface area contributed by atoms with Crippen LogP contribution in [0.5, 0.6) is 0 Å². The average Bonchev–Trinajstić information content (AvgIpc) is 2.85. The Morgan fingerprint density at radius 3 is 2.48 bits per heavy atom. The van der Waals surface area contributed by atoms with Crippen LogP contribution in [0.1, 0.15) is 32.6 Å². The van der Waals surface area contributed by atoms with Gasteiger partial charge in [0.25, 0.3) is 17.4 Å². The fraction of sp³-hybridized carbons (Fsp3) is 0.188. The van der Waals surface area contributed by atoms with Crippen molar-refractivity contribution in [2.24, 2.45) is 0 Å². The molecule has 3 N–H and O–H groups in total. The number of fused-ring (bicyclic) bond motifs is 1. The molecule has 2 heterocycles. The largest absolute Gasteiger partial charge is 0.384 e. The van der Waals surface area contributed by atoms with E-state index in [1.54, 1.807) is 0 Å². The summed E-state index contributed by atoms with van der Waals surface area (Å²) in [5, 5.41) is 2.07. The number of methoxy groups -OCH3 is 2. The van der Waals surface area contributed by atoms with Gasteiger partial charge in [0.05, 0.1) is 22.4 Å². The first kappa shape index (κ1) is 16.8. The number of amides is 2. The highest BCUT2D eigenvalue weighted by molar-refractivity contribution is 6.23.